The second-order valence-corrected chi connectivity index (χ2v) is 12.1. The second-order valence-electron chi connectivity index (χ2n) is 10.3. The number of amides is 2. The molecule has 0 aromatic heterocycles. The molecule has 40 heavy (non-hydrogen) atoms. The molecular formula is C31H38FN3O4S. The van der Waals surface area contributed by atoms with Crippen LogP contribution in [-0.2, 0) is 26.2 Å². The summed E-state index contributed by atoms with van der Waals surface area (Å²) < 4.78 is 43.5. The molecule has 3 aromatic carbocycles. The zero-order chi connectivity index (χ0) is 29.4. The first-order chi connectivity index (χ1) is 18.9. The monoisotopic (exact) mass is 567 g/mol. The van der Waals surface area contributed by atoms with Crippen molar-refractivity contribution in [3.05, 3.63) is 95.3 Å². The molecule has 1 N–H and O–H groups in total. The van der Waals surface area contributed by atoms with Crippen molar-refractivity contribution in [3.63, 3.8) is 0 Å². The molecule has 1 atom stereocenters. The van der Waals surface area contributed by atoms with Crippen molar-refractivity contribution in [2.24, 2.45) is 5.92 Å². The van der Waals surface area contributed by atoms with Gasteiger partial charge in [-0.05, 0) is 61.6 Å². The Kier molecular flexibility index (Phi) is 10.5. The van der Waals surface area contributed by atoms with E-state index in [0.717, 1.165) is 27.1 Å². The van der Waals surface area contributed by atoms with E-state index < -0.39 is 34.3 Å². The highest BCUT2D eigenvalue weighted by molar-refractivity contribution is 7.92. The van der Waals surface area contributed by atoms with E-state index in [-0.39, 0.29) is 29.0 Å². The van der Waals surface area contributed by atoms with Gasteiger partial charge in [0.25, 0.3) is 10.0 Å². The highest BCUT2D eigenvalue weighted by atomic mass is 32.2. The Morgan fingerprint density at radius 3 is 2.15 bits per heavy atom. The maximum absolute atomic E-state index is 15.0. The number of halogens is 1. The molecule has 0 aliphatic carbocycles. The average molecular weight is 568 g/mol. The van der Waals surface area contributed by atoms with Crippen LogP contribution in [-0.4, -0.2) is 44.3 Å². The molecule has 0 spiro atoms. The van der Waals surface area contributed by atoms with Crippen molar-refractivity contribution in [1.82, 2.24) is 10.2 Å². The van der Waals surface area contributed by atoms with Crippen molar-refractivity contribution < 1.29 is 22.4 Å². The van der Waals surface area contributed by atoms with E-state index in [4.69, 9.17) is 0 Å². The number of nitrogens with one attached hydrogen (secondary N) is 1. The number of aryl methyl sites for hydroxylation is 2. The summed E-state index contributed by atoms with van der Waals surface area (Å²) in [6.45, 7) is 9.32. The van der Waals surface area contributed by atoms with Gasteiger partial charge in [0.15, 0.2) is 0 Å². The first kappa shape index (κ1) is 30.8. The normalized spacial score (nSPS) is 12.2. The van der Waals surface area contributed by atoms with E-state index in [1.807, 2.05) is 52.0 Å². The van der Waals surface area contributed by atoms with Gasteiger partial charge in [-0.25, -0.2) is 12.8 Å². The molecule has 214 valence electrons. The minimum Gasteiger partial charge on any atom is -0.354 e. The highest BCUT2D eigenvalue weighted by Gasteiger charge is 2.34. The van der Waals surface area contributed by atoms with Crippen molar-refractivity contribution in [1.29, 1.82) is 0 Å². The zero-order valence-corrected chi connectivity index (χ0v) is 24.5. The molecule has 0 saturated carbocycles. The number of hydrogen-bond donors (Lipinski definition) is 1. The van der Waals surface area contributed by atoms with Crippen LogP contribution in [0.4, 0.5) is 10.1 Å². The third-order valence-electron chi connectivity index (χ3n) is 6.68. The van der Waals surface area contributed by atoms with Gasteiger partial charge in [-0.15, -0.1) is 0 Å². The second kappa shape index (κ2) is 13.6. The lowest BCUT2D eigenvalue weighted by Gasteiger charge is -2.33. The first-order valence-corrected chi connectivity index (χ1v) is 14.8. The molecule has 3 aromatic rings. The highest BCUT2D eigenvalue weighted by Crippen LogP contribution is 2.27. The quantitative estimate of drug-likeness (QED) is 0.325. The van der Waals surface area contributed by atoms with Gasteiger partial charge < -0.3 is 10.2 Å². The molecule has 3 rings (SSSR count). The van der Waals surface area contributed by atoms with Gasteiger partial charge in [-0.1, -0.05) is 74.9 Å². The van der Waals surface area contributed by atoms with Crippen LogP contribution >= 0.6 is 0 Å². The Bertz CT molecular complexity index is 1420. The van der Waals surface area contributed by atoms with Crippen LogP contribution in [0.25, 0.3) is 0 Å². The molecule has 0 fully saturated rings. The Morgan fingerprint density at radius 1 is 0.925 bits per heavy atom. The van der Waals surface area contributed by atoms with Crippen LogP contribution in [0, 0.1) is 25.6 Å². The molecule has 0 radical (unpaired) electrons. The standard InChI is InChI=1S/C31H38FN3O4S/c1-6-28(31(37)33-19-22(2)3)34(20-25-12-8-7-11-24(25)5)30(36)21-35(29-14-10-9-13-27(29)32)40(38,39)26-17-15-23(4)16-18-26/h7-18,22,28H,6,19-21H2,1-5H3,(H,33,37)/t28-/m0/s1. The van der Waals surface area contributed by atoms with Crippen molar-refractivity contribution in [3.8, 4) is 0 Å². The van der Waals surface area contributed by atoms with E-state index in [2.05, 4.69) is 5.32 Å². The van der Waals surface area contributed by atoms with E-state index in [9.17, 15) is 18.0 Å². The van der Waals surface area contributed by atoms with E-state index in [1.54, 1.807) is 19.1 Å². The molecule has 0 bridgehead atoms. The molecule has 0 aliphatic heterocycles. The molecule has 0 unspecified atom stereocenters. The third-order valence-corrected chi connectivity index (χ3v) is 8.46. The minimum absolute atomic E-state index is 0.0682. The fourth-order valence-electron chi connectivity index (χ4n) is 4.32. The fourth-order valence-corrected chi connectivity index (χ4v) is 5.74. The van der Waals surface area contributed by atoms with E-state index in [1.165, 1.54) is 35.2 Å². The lowest BCUT2D eigenvalue weighted by molar-refractivity contribution is -0.140. The van der Waals surface area contributed by atoms with Gasteiger partial charge in [0.1, 0.15) is 18.4 Å². The SMILES string of the molecule is CC[C@@H](C(=O)NCC(C)C)N(Cc1ccccc1C)C(=O)CN(c1ccccc1F)S(=O)(=O)c1ccc(C)cc1. The maximum Gasteiger partial charge on any atom is 0.264 e. The van der Waals surface area contributed by atoms with E-state index >= 15 is 4.39 Å². The summed E-state index contributed by atoms with van der Waals surface area (Å²) in [6.07, 6.45) is 0.311. The summed E-state index contributed by atoms with van der Waals surface area (Å²) >= 11 is 0. The van der Waals surface area contributed by atoms with Crippen LogP contribution in [0.2, 0.25) is 0 Å². The van der Waals surface area contributed by atoms with Gasteiger partial charge in [-0.2, -0.15) is 0 Å². The number of carbonyl (C=O) groups excluding carboxylic acids is 2. The summed E-state index contributed by atoms with van der Waals surface area (Å²) in [7, 11) is -4.33. The summed E-state index contributed by atoms with van der Waals surface area (Å²) in [4.78, 5) is 28.6. The number of para-hydroxylation sites is 1. The third kappa shape index (κ3) is 7.47. The molecule has 0 saturated heterocycles. The van der Waals surface area contributed by atoms with E-state index in [0.29, 0.717) is 13.0 Å². The summed E-state index contributed by atoms with van der Waals surface area (Å²) in [6, 6.07) is 18.2. The first-order valence-electron chi connectivity index (χ1n) is 13.4. The number of hydrogen-bond acceptors (Lipinski definition) is 4. The van der Waals surface area contributed by atoms with Gasteiger partial charge in [0, 0.05) is 13.1 Å². The predicted octanol–water partition coefficient (Wildman–Crippen LogP) is 5.22. The Morgan fingerprint density at radius 2 is 1.55 bits per heavy atom. The lowest BCUT2D eigenvalue weighted by atomic mass is 10.1. The molecule has 7 nitrogen and oxygen atoms in total. The van der Waals surface area contributed by atoms with Crippen LogP contribution in [0.15, 0.2) is 77.7 Å². The number of anilines is 1. The van der Waals surface area contributed by atoms with Gasteiger partial charge in [0.05, 0.1) is 10.6 Å². The van der Waals surface area contributed by atoms with Gasteiger partial charge >= 0.3 is 0 Å². The Hall–Kier alpha value is -3.72. The van der Waals surface area contributed by atoms with Crippen LogP contribution in [0.5, 0.6) is 0 Å². The van der Waals surface area contributed by atoms with Crippen molar-refractivity contribution in [2.75, 3.05) is 17.4 Å². The van der Waals surface area contributed by atoms with Gasteiger partial charge in [-0.3, -0.25) is 13.9 Å². The molecule has 2 amide bonds. The average Bonchev–Trinajstić information content (AvgIpc) is 2.92. The zero-order valence-electron chi connectivity index (χ0n) is 23.7. The Balaban J connectivity index is 2.07. The number of sulfonamides is 1. The predicted molar refractivity (Wildman–Crippen MR) is 156 cm³/mol. The number of rotatable bonds is 12. The minimum atomic E-state index is -4.33. The van der Waals surface area contributed by atoms with Crippen molar-refractivity contribution in [2.45, 2.75) is 58.5 Å². The summed E-state index contributed by atoms with van der Waals surface area (Å²) in [5, 5.41) is 2.90. The topological polar surface area (TPSA) is 86.8 Å². The Labute approximate surface area is 237 Å². The lowest BCUT2D eigenvalue weighted by Crippen LogP contribution is -2.52. The van der Waals surface area contributed by atoms with Crippen molar-refractivity contribution >= 4 is 27.5 Å². The van der Waals surface area contributed by atoms with Crippen LogP contribution < -0.4 is 9.62 Å². The molecule has 0 heterocycles. The molecule has 9 heteroatoms. The van der Waals surface area contributed by atoms with Gasteiger partial charge in [0.2, 0.25) is 11.8 Å². The molecular weight excluding hydrogens is 529 g/mol. The largest absolute Gasteiger partial charge is 0.354 e. The number of benzene rings is 3. The maximum atomic E-state index is 15.0. The number of carbonyl (C=O) groups is 2. The van der Waals surface area contributed by atoms with Crippen LogP contribution in [0.3, 0.4) is 0 Å². The van der Waals surface area contributed by atoms with Crippen LogP contribution in [0.1, 0.15) is 43.9 Å². The smallest absolute Gasteiger partial charge is 0.264 e. The molecule has 0 aliphatic rings. The number of nitrogens with zero attached hydrogens (tertiary/aromatic N) is 2. The fraction of sp³-hybridized carbons (Fsp3) is 0.355. The summed E-state index contributed by atoms with van der Waals surface area (Å²) in [5.41, 5.74) is 2.36. The summed E-state index contributed by atoms with van der Waals surface area (Å²) in [5.74, 6) is -1.51.